The van der Waals surface area contributed by atoms with Gasteiger partial charge < -0.3 is 19.3 Å². The Kier molecular flexibility index (Phi) is 11.6. The zero-order valence-electron chi connectivity index (χ0n) is 21.7. The van der Waals surface area contributed by atoms with Crippen LogP contribution < -0.4 is 9.47 Å². The molecular formula is C26H31ClN2O10. The van der Waals surface area contributed by atoms with Gasteiger partial charge in [-0.2, -0.15) is 0 Å². The monoisotopic (exact) mass is 566 g/mol. The average molecular weight is 567 g/mol. The Morgan fingerprint density at radius 2 is 1.15 bits per heavy atom. The van der Waals surface area contributed by atoms with Crippen molar-refractivity contribution in [3.63, 3.8) is 0 Å². The molecule has 0 amide bonds. The van der Waals surface area contributed by atoms with Gasteiger partial charge in [0.2, 0.25) is 0 Å². The molecule has 39 heavy (non-hydrogen) atoms. The number of aliphatic hydroxyl groups is 1. The summed E-state index contributed by atoms with van der Waals surface area (Å²) in [6.45, 7) is 3.80. The molecule has 0 radical (unpaired) electrons. The molecule has 2 fully saturated rings. The Bertz CT molecular complexity index is 1120. The minimum atomic E-state index is -0.978. The van der Waals surface area contributed by atoms with Crippen LogP contribution >= 0.6 is 11.6 Å². The van der Waals surface area contributed by atoms with E-state index in [0.29, 0.717) is 0 Å². The summed E-state index contributed by atoms with van der Waals surface area (Å²) >= 11 is 4.92. The molecule has 4 rings (SSSR count). The highest BCUT2D eigenvalue weighted by Gasteiger charge is 2.33. The largest absolute Gasteiger partial charge is 0.514 e. The molecule has 0 spiro atoms. The zero-order chi connectivity index (χ0) is 29.1. The number of non-ortho nitro benzene ring substituents is 2. The van der Waals surface area contributed by atoms with Crippen LogP contribution in [0.5, 0.6) is 11.5 Å². The molecule has 2 aromatic rings. The van der Waals surface area contributed by atoms with E-state index in [-0.39, 0.29) is 28.5 Å². The summed E-state index contributed by atoms with van der Waals surface area (Å²) in [5, 5.41) is 29.9. The van der Waals surface area contributed by atoms with Crippen LogP contribution in [-0.2, 0) is 4.74 Å². The molecule has 0 bridgehead atoms. The van der Waals surface area contributed by atoms with Gasteiger partial charge in [0.15, 0.2) is 0 Å². The van der Waals surface area contributed by atoms with Gasteiger partial charge in [-0.1, -0.05) is 12.8 Å². The Balaban J connectivity index is 0.000000229. The number of ether oxygens (including phenoxy) is 3. The fourth-order valence-corrected chi connectivity index (χ4v) is 4.13. The number of carbonyl (C=O) groups is 2. The maximum atomic E-state index is 11.6. The molecule has 2 aliphatic carbocycles. The van der Waals surface area contributed by atoms with Crippen molar-refractivity contribution >= 4 is 34.6 Å². The van der Waals surface area contributed by atoms with E-state index in [1.807, 2.05) is 13.8 Å². The number of hydrogen-bond donors (Lipinski definition) is 1. The van der Waals surface area contributed by atoms with Crippen molar-refractivity contribution in [3.05, 3.63) is 68.8 Å². The second-order valence-electron chi connectivity index (χ2n) is 9.66. The maximum absolute atomic E-state index is 11.6. The van der Waals surface area contributed by atoms with E-state index in [4.69, 9.17) is 21.1 Å². The van der Waals surface area contributed by atoms with Crippen molar-refractivity contribution in [1.82, 2.24) is 0 Å². The highest BCUT2D eigenvalue weighted by molar-refractivity contribution is 6.61. The van der Waals surface area contributed by atoms with Gasteiger partial charge in [-0.3, -0.25) is 20.2 Å². The van der Waals surface area contributed by atoms with E-state index in [2.05, 4.69) is 4.74 Å². The fraction of sp³-hybridized carbons (Fsp3) is 0.462. The van der Waals surface area contributed by atoms with Crippen LogP contribution in [0.4, 0.5) is 21.0 Å². The van der Waals surface area contributed by atoms with E-state index in [0.717, 1.165) is 38.5 Å². The molecule has 1 N–H and O–H groups in total. The topological polar surface area (TPSA) is 168 Å². The Morgan fingerprint density at radius 1 is 0.769 bits per heavy atom. The van der Waals surface area contributed by atoms with Crippen LogP contribution in [0.15, 0.2) is 48.5 Å². The van der Waals surface area contributed by atoms with Crippen LogP contribution in [0.3, 0.4) is 0 Å². The number of nitrogens with zero attached hydrogens (tertiary/aromatic N) is 2. The third kappa shape index (κ3) is 11.7. The quantitative estimate of drug-likeness (QED) is 0.130. The number of halogens is 1. The van der Waals surface area contributed by atoms with Crippen molar-refractivity contribution in [1.29, 1.82) is 0 Å². The summed E-state index contributed by atoms with van der Waals surface area (Å²) in [5.41, 5.74) is -1.86. The minimum Gasteiger partial charge on any atom is -0.428 e. The predicted molar refractivity (Wildman–Crippen MR) is 141 cm³/mol. The standard InChI is InChI=1S/C13H15NO5.C7H4ClNO4.C6H12O/c1-13(8-2-3-9-13)19-12(15)18-11-6-4-10(5-7-11)14(16)17;8-7(10)13-6-3-1-5(2-4-6)9(11)12;1-6(7)4-2-3-5-6/h4-7H,2-3,8-9H2,1H3;1-4H;7H,2-5H2,1H3. The first-order valence-corrected chi connectivity index (χ1v) is 12.7. The summed E-state index contributed by atoms with van der Waals surface area (Å²) in [7, 11) is 0. The molecule has 2 aromatic carbocycles. The molecular weight excluding hydrogens is 536 g/mol. The number of nitro groups is 2. The van der Waals surface area contributed by atoms with Crippen LogP contribution in [-0.4, -0.2) is 37.7 Å². The summed E-state index contributed by atoms with van der Waals surface area (Å²) < 4.78 is 14.7. The molecule has 0 heterocycles. The van der Waals surface area contributed by atoms with E-state index < -0.39 is 27.0 Å². The number of benzene rings is 2. The number of hydrogen-bond acceptors (Lipinski definition) is 10. The molecule has 2 aliphatic rings. The van der Waals surface area contributed by atoms with Gasteiger partial charge in [0, 0.05) is 35.9 Å². The molecule has 0 aromatic heterocycles. The SMILES string of the molecule is CC1(O)CCCC1.CC1(OC(=O)Oc2ccc([N+](=O)[O-])cc2)CCCC1.O=C(Cl)Oc1ccc([N+](=O)[O-])cc1. The lowest BCUT2D eigenvalue weighted by Gasteiger charge is -2.23. The van der Waals surface area contributed by atoms with Gasteiger partial charge in [0.05, 0.1) is 15.4 Å². The van der Waals surface area contributed by atoms with Crippen molar-refractivity contribution in [2.24, 2.45) is 0 Å². The molecule has 0 atom stereocenters. The lowest BCUT2D eigenvalue weighted by Crippen LogP contribution is -2.29. The Labute approximate surface area is 230 Å². The third-order valence-electron chi connectivity index (χ3n) is 6.17. The predicted octanol–water partition coefficient (Wildman–Crippen LogP) is 7.09. The first kappa shape index (κ1) is 31.4. The van der Waals surface area contributed by atoms with Gasteiger partial charge in [-0.15, -0.1) is 0 Å². The molecule has 12 nitrogen and oxygen atoms in total. The molecule has 0 saturated heterocycles. The first-order valence-electron chi connectivity index (χ1n) is 12.3. The van der Waals surface area contributed by atoms with E-state index in [1.165, 1.54) is 61.4 Å². The van der Waals surface area contributed by atoms with Crippen LogP contribution in [0.25, 0.3) is 0 Å². The Hall–Kier alpha value is -3.77. The summed E-state index contributed by atoms with van der Waals surface area (Å²) in [4.78, 5) is 41.5. The zero-order valence-corrected chi connectivity index (χ0v) is 22.4. The number of carbonyl (C=O) groups excluding carboxylic acids is 2. The maximum Gasteiger partial charge on any atom is 0.514 e. The van der Waals surface area contributed by atoms with Crippen LogP contribution in [0, 0.1) is 20.2 Å². The lowest BCUT2D eigenvalue weighted by molar-refractivity contribution is -0.385. The normalized spacial score (nSPS) is 16.4. The second-order valence-corrected chi connectivity index (χ2v) is 9.97. The van der Waals surface area contributed by atoms with E-state index >= 15 is 0 Å². The Morgan fingerprint density at radius 3 is 1.49 bits per heavy atom. The highest BCUT2D eigenvalue weighted by Crippen LogP contribution is 2.33. The fourth-order valence-electron chi connectivity index (χ4n) is 4.04. The van der Waals surface area contributed by atoms with Crippen molar-refractivity contribution < 1.29 is 38.8 Å². The van der Waals surface area contributed by atoms with Gasteiger partial charge in [-0.25, -0.2) is 9.59 Å². The molecule has 2 saturated carbocycles. The summed E-state index contributed by atoms with van der Waals surface area (Å²) in [5.74, 6) is 0.405. The second kappa shape index (κ2) is 14.4. The van der Waals surface area contributed by atoms with Gasteiger partial charge in [0.25, 0.3) is 11.4 Å². The number of rotatable bonds is 5. The minimum absolute atomic E-state index is 0.0523. The van der Waals surface area contributed by atoms with Crippen LogP contribution in [0.2, 0.25) is 0 Å². The van der Waals surface area contributed by atoms with Crippen molar-refractivity contribution in [3.8, 4) is 11.5 Å². The number of nitro benzene ring substituents is 2. The highest BCUT2D eigenvalue weighted by atomic mass is 35.5. The van der Waals surface area contributed by atoms with Gasteiger partial charge in [0.1, 0.15) is 17.1 Å². The molecule has 0 aliphatic heterocycles. The van der Waals surface area contributed by atoms with Crippen LogP contribution in [0.1, 0.15) is 65.2 Å². The van der Waals surface area contributed by atoms with Gasteiger partial charge >= 0.3 is 11.6 Å². The van der Waals surface area contributed by atoms with E-state index in [1.54, 1.807) is 0 Å². The van der Waals surface area contributed by atoms with Crippen molar-refractivity contribution in [2.75, 3.05) is 0 Å². The third-order valence-corrected chi connectivity index (χ3v) is 6.24. The summed E-state index contributed by atoms with van der Waals surface area (Å²) in [6, 6.07) is 10.3. The molecule has 13 heteroatoms. The first-order chi connectivity index (χ1) is 18.3. The lowest BCUT2D eigenvalue weighted by atomic mass is 10.1. The molecule has 212 valence electrons. The van der Waals surface area contributed by atoms with Crippen molar-refractivity contribution in [2.45, 2.75) is 76.4 Å². The summed E-state index contributed by atoms with van der Waals surface area (Å²) in [6.07, 6.45) is 7.44. The van der Waals surface area contributed by atoms with Gasteiger partial charge in [-0.05, 0) is 76.6 Å². The van der Waals surface area contributed by atoms with E-state index in [9.17, 15) is 34.9 Å². The molecule has 0 unspecified atom stereocenters. The smallest absolute Gasteiger partial charge is 0.428 e. The average Bonchev–Trinajstić information content (AvgIpc) is 3.47.